The Hall–Kier alpha value is -2.67. The van der Waals surface area contributed by atoms with E-state index in [1.807, 2.05) is 31.2 Å². The van der Waals surface area contributed by atoms with Crippen LogP contribution in [0.2, 0.25) is 0 Å². The van der Waals surface area contributed by atoms with E-state index in [9.17, 15) is 4.79 Å². The number of hydrogen-bond acceptors (Lipinski definition) is 5. The molecule has 0 radical (unpaired) electrons. The molecule has 1 amide bonds. The van der Waals surface area contributed by atoms with Crippen LogP contribution in [0.25, 0.3) is 0 Å². The van der Waals surface area contributed by atoms with E-state index in [0.29, 0.717) is 13.2 Å². The number of ether oxygens (including phenoxy) is 2. The summed E-state index contributed by atoms with van der Waals surface area (Å²) in [6, 6.07) is 20.8. The summed E-state index contributed by atoms with van der Waals surface area (Å²) < 4.78 is 12.1. The number of fused-ring (bicyclic) bond motifs is 1. The third-order valence-corrected chi connectivity index (χ3v) is 6.21. The van der Waals surface area contributed by atoms with Crippen molar-refractivity contribution in [2.24, 2.45) is 0 Å². The standard InChI is InChI=1S/C25H28N2O3S/c1-3-29-25(19-7-5-4-6-8-19)20-9-11-23-21(15-20)16-27(13-14-30-23)17-22-10-12-24(31-22)26-18(2)28/h4-12,15,25H,3,13-14,16-17H2,1-2H3,(H,26,28)/t25-/m0/s1. The van der Waals surface area contributed by atoms with Crippen LogP contribution < -0.4 is 10.1 Å². The van der Waals surface area contributed by atoms with Gasteiger partial charge >= 0.3 is 0 Å². The zero-order valence-corrected chi connectivity index (χ0v) is 18.8. The number of benzene rings is 2. The first-order valence-corrected chi connectivity index (χ1v) is 11.4. The molecule has 2 heterocycles. The lowest BCUT2D eigenvalue weighted by Crippen LogP contribution is -2.24. The van der Waals surface area contributed by atoms with Crippen LogP contribution in [0.4, 0.5) is 5.00 Å². The van der Waals surface area contributed by atoms with Gasteiger partial charge in [-0.15, -0.1) is 11.3 Å². The zero-order valence-electron chi connectivity index (χ0n) is 18.0. The molecule has 1 aliphatic rings. The molecule has 0 spiro atoms. The van der Waals surface area contributed by atoms with E-state index in [-0.39, 0.29) is 12.0 Å². The van der Waals surface area contributed by atoms with E-state index in [2.05, 4.69) is 46.6 Å². The molecule has 5 nitrogen and oxygen atoms in total. The highest BCUT2D eigenvalue weighted by atomic mass is 32.1. The van der Waals surface area contributed by atoms with Crippen LogP contribution in [0.5, 0.6) is 5.75 Å². The van der Waals surface area contributed by atoms with Crippen LogP contribution in [0.3, 0.4) is 0 Å². The van der Waals surface area contributed by atoms with Crippen molar-refractivity contribution in [3.05, 3.63) is 82.2 Å². The van der Waals surface area contributed by atoms with Gasteiger partial charge in [0.15, 0.2) is 0 Å². The fourth-order valence-corrected chi connectivity index (χ4v) is 4.87. The molecule has 0 saturated heterocycles. The normalized spacial score (nSPS) is 14.9. The molecular formula is C25H28N2O3S. The second-order valence-corrected chi connectivity index (χ2v) is 8.79. The maximum absolute atomic E-state index is 11.3. The summed E-state index contributed by atoms with van der Waals surface area (Å²) in [5.74, 6) is 0.903. The Labute approximate surface area is 187 Å². The Morgan fingerprint density at radius 1 is 1.16 bits per heavy atom. The smallest absolute Gasteiger partial charge is 0.221 e. The molecule has 4 rings (SSSR count). The average molecular weight is 437 g/mol. The minimum Gasteiger partial charge on any atom is -0.492 e. The Morgan fingerprint density at radius 2 is 2.00 bits per heavy atom. The Balaban J connectivity index is 1.53. The van der Waals surface area contributed by atoms with Gasteiger partial charge in [-0.25, -0.2) is 0 Å². The highest BCUT2D eigenvalue weighted by Crippen LogP contribution is 2.32. The summed E-state index contributed by atoms with van der Waals surface area (Å²) in [5, 5.41) is 3.75. The average Bonchev–Trinajstić information content (AvgIpc) is 3.08. The van der Waals surface area contributed by atoms with Crippen molar-refractivity contribution >= 4 is 22.2 Å². The van der Waals surface area contributed by atoms with Gasteiger partial charge in [0, 0.05) is 43.6 Å². The number of hydrogen-bond donors (Lipinski definition) is 1. The Bertz CT molecular complexity index is 1020. The molecule has 31 heavy (non-hydrogen) atoms. The highest BCUT2D eigenvalue weighted by Gasteiger charge is 2.20. The van der Waals surface area contributed by atoms with E-state index < -0.39 is 0 Å². The molecule has 6 heteroatoms. The molecule has 0 saturated carbocycles. The largest absolute Gasteiger partial charge is 0.492 e. The van der Waals surface area contributed by atoms with Crippen LogP contribution in [0.1, 0.15) is 41.5 Å². The van der Waals surface area contributed by atoms with Crippen LogP contribution >= 0.6 is 11.3 Å². The lowest BCUT2D eigenvalue weighted by Gasteiger charge is -2.21. The van der Waals surface area contributed by atoms with Gasteiger partial charge in [-0.1, -0.05) is 36.4 Å². The van der Waals surface area contributed by atoms with Gasteiger partial charge in [0.2, 0.25) is 5.91 Å². The van der Waals surface area contributed by atoms with Crippen LogP contribution in [0, 0.1) is 0 Å². The van der Waals surface area contributed by atoms with Crippen molar-refractivity contribution in [1.29, 1.82) is 0 Å². The van der Waals surface area contributed by atoms with Crippen molar-refractivity contribution in [3.8, 4) is 5.75 Å². The van der Waals surface area contributed by atoms with Crippen LogP contribution in [0.15, 0.2) is 60.7 Å². The number of carbonyl (C=O) groups excluding carboxylic acids is 1. The Morgan fingerprint density at radius 3 is 2.77 bits per heavy atom. The molecule has 0 unspecified atom stereocenters. The molecule has 0 aliphatic carbocycles. The van der Waals surface area contributed by atoms with Gasteiger partial charge in [-0.2, -0.15) is 0 Å². The third kappa shape index (κ3) is 5.53. The number of thiophene rings is 1. The quantitative estimate of drug-likeness (QED) is 0.551. The van der Waals surface area contributed by atoms with Crippen molar-refractivity contribution in [3.63, 3.8) is 0 Å². The second-order valence-electron chi connectivity index (χ2n) is 7.62. The Kier molecular flexibility index (Phi) is 7.02. The van der Waals surface area contributed by atoms with Crippen molar-refractivity contribution in [2.45, 2.75) is 33.0 Å². The first-order chi connectivity index (χ1) is 15.1. The van der Waals surface area contributed by atoms with Gasteiger partial charge < -0.3 is 14.8 Å². The van der Waals surface area contributed by atoms with Gasteiger partial charge in [0.25, 0.3) is 0 Å². The van der Waals surface area contributed by atoms with Gasteiger partial charge in [0.1, 0.15) is 18.5 Å². The minimum atomic E-state index is -0.0919. The monoisotopic (exact) mass is 436 g/mol. The van der Waals surface area contributed by atoms with Crippen molar-refractivity contribution in [1.82, 2.24) is 4.90 Å². The van der Waals surface area contributed by atoms with E-state index >= 15 is 0 Å². The first-order valence-electron chi connectivity index (χ1n) is 10.6. The number of nitrogens with one attached hydrogen (secondary N) is 1. The lowest BCUT2D eigenvalue weighted by atomic mass is 9.99. The molecule has 1 atom stereocenters. The molecule has 162 valence electrons. The van der Waals surface area contributed by atoms with Gasteiger partial charge in [0.05, 0.1) is 5.00 Å². The summed E-state index contributed by atoms with van der Waals surface area (Å²) in [4.78, 5) is 14.9. The minimum absolute atomic E-state index is 0.0414. The van der Waals surface area contributed by atoms with E-state index in [4.69, 9.17) is 9.47 Å². The second kappa shape index (κ2) is 10.1. The third-order valence-electron chi connectivity index (χ3n) is 5.22. The summed E-state index contributed by atoms with van der Waals surface area (Å²) in [7, 11) is 0. The van der Waals surface area contributed by atoms with Gasteiger partial charge in [-0.3, -0.25) is 9.69 Å². The lowest BCUT2D eigenvalue weighted by molar-refractivity contribution is -0.114. The summed E-state index contributed by atoms with van der Waals surface area (Å²) in [6.45, 7) is 7.35. The highest BCUT2D eigenvalue weighted by molar-refractivity contribution is 7.16. The number of carbonyl (C=O) groups is 1. The SMILES string of the molecule is CCO[C@@H](c1ccccc1)c1ccc2c(c1)CN(Cc1ccc(NC(C)=O)s1)CCO2. The maximum atomic E-state index is 11.3. The number of rotatable bonds is 7. The molecular weight excluding hydrogens is 408 g/mol. The number of nitrogens with zero attached hydrogens (tertiary/aromatic N) is 1. The molecule has 3 aromatic rings. The molecule has 1 N–H and O–H groups in total. The summed E-state index contributed by atoms with van der Waals surface area (Å²) in [5.41, 5.74) is 3.47. The van der Waals surface area contributed by atoms with Crippen molar-refractivity contribution < 1.29 is 14.3 Å². The van der Waals surface area contributed by atoms with E-state index in [1.54, 1.807) is 11.3 Å². The molecule has 1 aliphatic heterocycles. The topological polar surface area (TPSA) is 50.8 Å². The maximum Gasteiger partial charge on any atom is 0.221 e. The number of amides is 1. The van der Waals surface area contributed by atoms with E-state index in [1.165, 1.54) is 17.4 Å². The molecule has 2 aromatic carbocycles. The molecule has 0 fully saturated rings. The molecule has 0 bridgehead atoms. The first kappa shape index (κ1) is 21.6. The van der Waals surface area contributed by atoms with Crippen molar-refractivity contribution in [2.75, 3.05) is 25.1 Å². The fraction of sp³-hybridized carbons (Fsp3) is 0.320. The molecule has 1 aromatic heterocycles. The fourth-order valence-electron chi connectivity index (χ4n) is 3.87. The van der Waals surface area contributed by atoms with E-state index in [0.717, 1.165) is 41.5 Å². The number of anilines is 1. The van der Waals surface area contributed by atoms with Crippen LogP contribution in [-0.2, 0) is 22.6 Å². The summed E-state index contributed by atoms with van der Waals surface area (Å²) >= 11 is 1.62. The van der Waals surface area contributed by atoms with Gasteiger partial charge in [-0.05, 0) is 42.3 Å². The summed E-state index contributed by atoms with van der Waals surface area (Å²) in [6.07, 6.45) is -0.0919. The predicted octanol–water partition coefficient (Wildman–Crippen LogP) is 5.23. The van der Waals surface area contributed by atoms with Crippen LogP contribution in [-0.4, -0.2) is 30.6 Å². The predicted molar refractivity (Wildman–Crippen MR) is 125 cm³/mol. The zero-order chi connectivity index (χ0) is 21.6.